The smallest absolute Gasteiger partial charge is 0.227 e. The van der Waals surface area contributed by atoms with Gasteiger partial charge in [0.05, 0.1) is 20.1 Å². The minimum Gasteiger partial charge on any atom is -0.493 e. The first kappa shape index (κ1) is 15.4. The Morgan fingerprint density at radius 2 is 1.76 bits per heavy atom. The summed E-state index contributed by atoms with van der Waals surface area (Å²) in [6, 6.07) is 14.8. The SMILES string of the molecule is COc1ccccc1OCCC(=O)Nc1ccc(Br)cc1. The van der Waals surface area contributed by atoms with Crippen molar-refractivity contribution in [3.8, 4) is 11.5 Å². The van der Waals surface area contributed by atoms with Crippen LogP contribution in [0.2, 0.25) is 0 Å². The zero-order valence-corrected chi connectivity index (χ0v) is 13.2. The van der Waals surface area contributed by atoms with E-state index in [4.69, 9.17) is 9.47 Å². The normalized spacial score (nSPS) is 10.0. The average Bonchev–Trinajstić information content (AvgIpc) is 2.50. The van der Waals surface area contributed by atoms with Crippen LogP contribution in [-0.4, -0.2) is 19.6 Å². The van der Waals surface area contributed by atoms with Crippen molar-refractivity contribution in [3.63, 3.8) is 0 Å². The molecule has 110 valence electrons. The summed E-state index contributed by atoms with van der Waals surface area (Å²) in [4.78, 5) is 11.8. The number of amides is 1. The van der Waals surface area contributed by atoms with Crippen molar-refractivity contribution in [1.82, 2.24) is 0 Å². The van der Waals surface area contributed by atoms with E-state index in [0.717, 1.165) is 10.2 Å². The molecule has 1 amide bonds. The molecule has 0 heterocycles. The van der Waals surface area contributed by atoms with E-state index in [0.29, 0.717) is 18.1 Å². The largest absolute Gasteiger partial charge is 0.493 e. The lowest BCUT2D eigenvalue weighted by Gasteiger charge is -2.10. The van der Waals surface area contributed by atoms with Gasteiger partial charge >= 0.3 is 0 Å². The number of hydrogen-bond acceptors (Lipinski definition) is 3. The zero-order valence-electron chi connectivity index (χ0n) is 11.6. The molecule has 0 saturated heterocycles. The molecule has 0 unspecified atom stereocenters. The van der Waals surface area contributed by atoms with Gasteiger partial charge in [0.25, 0.3) is 0 Å². The Balaban J connectivity index is 1.80. The molecule has 1 N–H and O–H groups in total. The fourth-order valence-electron chi connectivity index (χ4n) is 1.75. The molecule has 0 aliphatic carbocycles. The van der Waals surface area contributed by atoms with Crippen LogP contribution in [-0.2, 0) is 4.79 Å². The number of ether oxygens (including phenoxy) is 2. The molecule has 0 bridgehead atoms. The van der Waals surface area contributed by atoms with E-state index < -0.39 is 0 Å². The fourth-order valence-corrected chi connectivity index (χ4v) is 2.01. The van der Waals surface area contributed by atoms with Crippen molar-refractivity contribution in [1.29, 1.82) is 0 Å². The van der Waals surface area contributed by atoms with Crippen molar-refractivity contribution in [2.45, 2.75) is 6.42 Å². The molecule has 0 fully saturated rings. The molecule has 0 spiro atoms. The minimum absolute atomic E-state index is 0.0905. The maximum atomic E-state index is 11.8. The second-order valence-corrected chi connectivity index (χ2v) is 5.22. The molecular formula is C16H16BrNO3. The number of carbonyl (C=O) groups is 1. The van der Waals surface area contributed by atoms with Crippen molar-refractivity contribution in [3.05, 3.63) is 53.0 Å². The van der Waals surface area contributed by atoms with Gasteiger partial charge in [0.2, 0.25) is 5.91 Å². The molecule has 0 radical (unpaired) electrons. The Hall–Kier alpha value is -2.01. The van der Waals surface area contributed by atoms with Crippen molar-refractivity contribution < 1.29 is 14.3 Å². The molecule has 0 aliphatic heterocycles. The van der Waals surface area contributed by atoms with Crippen LogP contribution < -0.4 is 14.8 Å². The fraction of sp³-hybridized carbons (Fsp3) is 0.188. The van der Waals surface area contributed by atoms with Crippen LogP contribution in [0.15, 0.2) is 53.0 Å². The first-order valence-electron chi connectivity index (χ1n) is 6.50. The van der Waals surface area contributed by atoms with Crippen molar-refractivity contribution >= 4 is 27.5 Å². The van der Waals surface area contributed by atoms with Crippen LogP contribution in [0.3, 0.4) is 0 Å². The van der Waals surface area contributed by atoms with Gasteiger partial charge in [0, 0.05) is 10.2 Å². The van der Waals surface area contributed by atoms with Crippen LogP contribution in [0.1, 0.15) is 6.42 Å². The zero-order chi connectivity index (χ0) is 15.1. The van der Waals surface area contributed by atoms with Gasteiger partial charge in [-0.25, -0.2) is 0 Å². The second kappa shape index (κ2) is 7.69. The lowest BCUT2D eigenvalue weighted by molar-refractivity contribution is -0.116. The predicted octanol–water partition coefficient (Wildman–Crippen LogP) is 3.87. The first-order chi connectivity index (χ1) is 10.2. The first-order valence-corrected chi connectivity index (χ1v) is 7.29. The van der Waals surface area contributed by atoms with E-state index in [-0.39, 0.29) is 12.3 Å². The number of hydrogen-bond donors (Lipinski definition) is 1. The molecule has 21 heavy (non-hydrogen) atoms. The Labute approximate surface area is 132 Å². The molecule has 0 saturated carbocycles. The molecule has 2 rings (SSSR count). The van der Waals surface area contributed by atoms with Crippen molar-refractivity contribution in [2.75, 3.05) is 19.0 Å². The van der Waals surface area contributed by atoms with E-state index in [1.54, 1.807) is 7.11 Å². The van der Waals surface area contributed by atoms with Crippen molar-refractivity contribution in [2.24, 2.45) is 0 Å². The second-order valence-electron chi connectivity index (χ2n) is 4.30. The number of benzene rings is 2. The molecular weight excluding hydrogens is 334 g/mol. The van der Waals surface area contributed by atoms with E-state index >= 15 is 0 Å². The Morgan fingerprint density at radius 1 is 1.10 bits per heavy atom. The van der Waals surface area contributed by atoms with E-state index in [9.17, 15) is 4.79 Å². The van der Waals surface area contributed by atoms with Crippen LogP contribution in [0.5, 0.6) is 11.5 Å². The third kappa shape index (κ3) is 4.79. The number of anilines is 1. The predicted molar refractivity (Wildman–Crippen MR) is 85.9 cm³/mol. The Kier molecular flexibility index (Phi) is 5.63. The summed E-state index contributed by atoms with van der Waals surface area (Å²) in [6.07, 6.45) is 0.272. The third-order valence-corrected chi connectivity index (χ3v) is 3.31. The quantitative estimate of drug-likeness (QED) is 0.861. The van der Waals surface area contributed by atoms with Gasteiger partial charge in [0.15, 0.2) is 11.5 Å². The summed E-state index contributed by atoms with van der Waals surface area (Å²) in [5.41, 5.74) is 0.764. The number of rotatable bonds is 6. The number of methoxy groups -OCH3 is 1. The van der Waals surface area contributed by atoms with Crippen LogP contribution in [0.25, 0.3) is 0 Å². The number of carbonyl (C=O) groups excluding carboxylic acids is 1. The molecule has 5 heteroatoms. The summed E-state index contributed by atoms with van der Waals surface area (Å²) in [6.45, 7) is 0.294. The summed E-state index contributed by atoms with van der Waals surface area (Å²) in [5.74, 6) is 1.20. The number of nitrogens with one attached hydrogen (secondary N) is 1. The van der Waals surface area contributed by atoms with Gasteiger partial charge in [-0.15, -0.1) is 0 Å². The summed E-state index contributed by atoms with van der Waals surface area (Å²) in [5, 5.41) is 2.81. The van der Waals surface area contributed by atoms with E-state index in [1.807, 2.05) is 48.5 Å². The summed E-state index contributed by atoms with van der Waals surface area (Å²) < 4.78 is 11.7. The minimum atomic E-state index is -0.0905. The van der Waals surface area contributed by atoms with Crippen LogP contribution in [0.4, 0.5) is 5.69 Å². The van der Waals surface area contributed by atoms with Gasteiger partial charge in [-0.05, 0) is 36.4 Å². The van der Waals surface area contributed by atoms with E-state index in [1.165, 1.54) is 0 Å². The molecule has 4 nitrogen and oxygen atoms in total. The Bertz CT molecular complexity index is 599. The highest BCUT2D eigenvalue weighted by Gasteiger charge is 2.05. The molecule has 2 aromatic carbocycles. The average molecular weight is 350 g/mol. The third-order valence-electron chi connectivity index (χ3n) is 2.78. The van der Waals surface area contributed by atoms with Gasteiger partial charge in [-0.1, -0.05) is 28.1 Å². The van der Waals surface area contributed by atoms with Crippen LogP contribution >= 0.6 is 15.9 Å². The van der Waals surface area contributed by atoms with Gasteiger partial charge in [0.1, 0.15) is 0 Å². The summed E-state index contributed by atoms with van der Waals surface area (Å²) >= 11 is 3.35. The summed E-state index contributed by atoms with van der Waals surface area (Å²) in [7, 11) is 1.59. The maximum absolute atomic E-state index is 11.8. The number of halogens is 1. The van der Waals surface area contributed by atoms with Gasteiger partial charge in [-0.2, -0.15) is 0 Å². The number of para-hydroxylation sites is 2. The Morgan fingerprint density at radius 3 is 2.43 bits per heavy atom. The lowest BCUT2D eigenvalue weighted by atomic mass is 10.3. The van der Waals surface area contributed by atoms with Gasteiger partial charge in [-0.3, -0.25) is 4.79 Å². The van der Waals surface area contributed by atoms with Gasteiger partial charge < -0.3 is 14.8 Å². The highest BCUT2D eigenvalue weighted by molar-refractivity contribution is 9.10. The molecule has 0 aliphatic rings. The highest BCUT2D eigenvalue weighted by atomic mass is 79.9. The maximum Gasteiger partial charge on any atom is 0.227 e. The lowest BCUT2D eigenvalue weighted by Crippen LogP contribution is -2.15. The molecule has 0 atom stereocenters. The topological polar surface area (TPSA) is 47.6 Å². The monoisotopic (exact) mass is 349 g/mol. The standard InChI is InChI=1S/C16H16BrNO3/c1-20-14-4-2-3-5-15(14)21-11-10-16(19)18-13-8-6-12(17)7-9-13/h2-9H,10-11H2,1H3,(H,18,19). The van der Waals surface area contributed by atoms with E-state index in [2.05, 4.69) is 21.2 Å². The molecule has 0 aromatic heterocycles. The highest BCUT2D eigenvalue weighted by Crippen LogP contribution is 2.25. The molecule has 2 aromatic rings. The van der Waals surface area contributed by atoms with Crippen LogP contribution in [0, 0.1) is 0 Å².